The van der Waals surface area contributed by atoms with Gasteiger partial charge >= 0.3 is 5.97 Å². The Balaban J connectivity index is 1.39. The molecule has 12 heteroatoms. The van der Waals surface area contributed by atoms with Crippen molar-refractivity contribution in [2.24, 2.45) is 5.92 Å². The molecule has 3 aromatic heterocycles. The van der Waals surface area contributed by atoms with Gasteiger partial charge in [-0.1, -0.05) is 11.3 Å². The van der Waals surface area contributed by atoms with Crippen LogP contribution < -0.4 is 10.2 Å². The van der Waals surface area contributed by atoms with E-state index in [1.165, 1.54) is 24.3 Å². The van der Waals surface area contributed by atoms with Gasteiger partial charge in [-0.3, -0.25) is 4.79 Å². The number of esters is 1. The molecule has 3 aromatic rings. The SMILES string of the molecule is COC(=O)c1cnc(NC(=O)C2CCCN(c3ccc(-n4cncn4)nn3)C2)s1. The van der Waals surface area contributed by atoms with Crippen LogP contribution in [0.25, 0.3) is 5.82 Å². The maximum absolute atomic E-state index is 12.7. The van der Waals surface area contributed by atoms with Crippen LogP contribution in [0, 0.1) is 5.92 Å². The van der Waals surface area contributed by atoms with Gasteiger partial charge in [0.05, 0.1) is 19.2 Å². The smallest absolute Gasteiger partial charge is 0.349 e. The third kappa shape index (κ3) is 4.21. The molecule has 0 aliphatic carbocycles. The summed E-state index contributed by atoms with van der Waals surface area (Å²) in [6.07, 6.45) is 6.00. The summed E-state index contributed by atoms with van der Waals surface area (Å²) in [5.41, 5.74) is 0. The van der Waals surface area contributed by atoms with E-state index in [9.17, 15) is 9.59 Å². The summed E-state index contributed by atoms with van der Waals surface area (Å²) in [4.78, 5) is 34.5. The van der Waals surface area contributed by atoms with Crippen molar-refractivity contribution in [2.45, 2.75) is 12.8 Å². The van der Waals surface area contributed by atoms with Gasteiger partial charge in [0.15, 0.2) is 16.8 Å². The molecule has 0 aromatic carbocycles. The second-order valence-electron chi connectivity index (χ2n) is 6.39. The van der Waals surface area contributed by atoms with E-state index < -0.39 is 5.97 Å². The fourth-order valence-electron chi connectivity index (χ4n) is 3.07. The van der Waals surface area contributed by atoms with Crippen LogP contribution in [0.3, 0.4) is 0 Å². The molecule has 4 rings (SSSR count). The van der Waals surface area contributed by atoms with Gasteiger partial charge in [-0.15, -0.1) is 10.2 Å². The Morgan fingerprint density at radius 2 is 2.10 bits per heavy atom. The standard InChI is InChI=1S/C17H18N8O3S/c1-28-16(27)12-7-19-17(29-12)21-15(26)11-3-2-6-24(8-11)13-4-5-14(23-22-13)25-10-18-9-20-25/h4-5,7,9-11H,2-3,6,8H2,1H3,(H,19,21,26). The number of hydrogen-bond acceptors (Lipinski definition) is 10. The molecule has 4 heterocycles. The van der Waals surface area contributed by atoms with E-state index in [2.05, 4.69) is 35.3 Å². The van der Waals surface area contributed by atoms with Gasteiger partial charge in [-0.05, 0) is 25.0 Å². The first-order valence-corrected chi connectivity index (χ1v) is 9.74. The maximum atomic E-state index is 12.7. The summed E-state index contributed by atoms with van der Waals surface area (Å²) < 4.78 is 6.18. The van der Waals surface area contributed by atoms with Crippen LogP contribution in [0.5, 0.6) is 0 Å². The zero-order chi connectivity index (χ0) is 20.2. The van der Waals surface area contributed by atoms with Crippen LogP contribution >= 0.6 is 11.3 Å². The molecule has 150 valence electrons. The van der Waals surface area contributed by atoms with Crippen LogP contribution in [-0.4, -0.2) is 62.0 Å². The highest BCUT2D eigenvalue weighted by atomic mass is 32.1. The number of nitrogens with one attached hydrogen (secondary N) is 1. The molecular formula is C17H18N8O3S. The number of methoxy groups -OCH3 is 1. The quantitative estimate of drug-likeness (QED) is 0.611. The molecule has 1 aliphatic rings. The highest BCUT2D eigenvalue weighted by molar-refractivity contribution is 7.17. The number of piperidine rings is 1. The normalized spacial score (nSPS) is 16.4. The Bertz CT molecular complexity index is 989. The largest absolute Gasteiger partial charge is 0.465 e. The molecule has 0 spiro atoms. The molecule has 1 aliphatic heterocycles. The second-order valence-corrected chi connectivity index (χ2v) is 7.42. The van der Waals surface area contributed by atoms with Crippen molar-refractivity contribution in [1.82, 2.24) is 29.9 Å². The van der Waals surface area contributed by atoms with Crippen molar-refractivity contribution in [3.05, 3.63) is 35.9 Å². The summed E-state index contributed by atoms with van der Waals surface area (Å²) in [6.45, 7) is 1.32. The first kappa shape index (κ1) is 18.9. The molecule has 29 heavy (non-hydrogen) atoms. The highest BCUT2D eigenvalue weighted by Crippen LogP contribution is 2.24. The second kappa shape index (κ2) is 8.31. The van der Waals surface area contributed by atoms with Gasteiger partial charge in [-0.2, -0.15) is 5.10 Å². The third-order valence-electron chi connectivity index (χ3n) is 4.53. The van der Waals surface area contributed by atoms with Crippen molar-refractivity contribution >= 4 is 34.2 Å². The number of rotatable bonds is 5. The van der Waals surface area contributed by atoms with Crippen molar-refractivity contribution in [1.29, 1.82) is 0 Å². The lowest BCUT2D eigenvalue weighted by Gasteiger charge is -2.32. The van der Waals surface area contributed by atoms with Crippen LogP contribution in [0.2, 0.25) is 0 Å². The van der Waals surface area contributed by atoms with E-state index in [1.807, 2.05) is 17.0 Å². The van der Waals surface area contributed by atoms with E-state index in [0.29, 0.717) is 28.2 Å². The number of carbonyl (C=O) groups is 2. The molecule has 1 atom stereocenters. The molecule has 0 radical (unpaired) electrons. The Morgan fingerprint density at radius 1 is 1.28 bits per heavy atom. The van der Waals surface area contributed by atoms with E-state index >= 15 is 0 Å². The number of carbonyl (C=O) groups excluding carboxylic acids is 2. The summed E-state index contributed by atoms with van der Waals surface area (Å²) in [6, 6.07) is 3.67. The minimum absolute atomic E-state index is 0.132. The Hall–Kier alpha value is -3.41. The zero-order valence-corrected chi connectivity index (χ0v) is 16.4. The fraction of sp³-hybridized carbons (Fsp3) is 0.353. The first-order valence-electron chi connectivity index (χ1n) is 8.92. The van der Waals surface area contributed by atoms with Gasteiger partial charge < -0.3 is 15.0 Å². The fourth-order valence-corrected chi connectivity index (χ4v) is 3.81. The van der Waals surface area contributed by atoms with Crippen LogP contribution in [-0.2, 0) is 9.53 Å². The average molecular weight is 414 g/mol. The van der Waals surface area contributed by atoms with Gasteiger partial charge in [0, 0.05) is 13.1 Å². The number of aromatic nitrogens is 6. The molecule has 1 saturated heterocycles. The molecule has 11 nitrogen and oxygen atoms in total. The monoisotopic (exact) mass is 414 g/mol. The van der Waals surface area contributed by atoms with Gasteiger partial charge in [0.25, 0.3) is 0 Å². The lowest BCUT2D eigenvalue weighted by atomic mass is 9.97. The minimum Gasteiger partial charge on any atom is -0.465 e. The average Bonchev–Trinajstić information content (AvgIpc) is 3.46. The number of amides is 1. The van der Waals surface area contributed by atoms with Crippen molar-refractivity contribution < 1.29 is 14.3 Å². The zero-order valence-electron chi connectivity index (χ0n) is 15.6. The number of nitrogens with zero attached hydrogens (tertiary/aromatic N) is 7. The summed E-state index contributed by atoms with van der Waals surface area (Å²) in [7, 11) is 1.30. The van der Waals surface area contributed by atoms with Crippen molar-refractivity contribution in [3.8, 4) is 5.82 Å². The Labute approximate surface area is 169 Å². The molecule has 0 saturated carbocycles. The summed E-state index contributed by atoms with van der Waals surface area (Å²) >= 11 is 1.09. The number of thiazole rings is 1. The molecule has 1 amide bonds. The Kier molecular flexibility index (Phi) is 5.42. The highest BCUT2D eigenvalue weighted by Gasteiger charge is 2.27. The van der Waals surface area contributed by atoms with Crippen LogP contribution in [0.1, 0.15) is 22.5 Å². The maximum Gasteiger partial charge on any atom is 0.349 e. The minimum atomic E-state index is -0.472. The predicted molar refractivity (Wildman–Crippen MR) is 104 cm³/mol. The molecule has 1 fully saturated rings. The number of anilines is 2. The first-order chi connectivity index (χ1) is 14.1. The van der Waals surface area contributed by atoms with E-state index in [1.54, 1.807) is 6.33 Å². The van der Waals surface area contributed by atoms with E-state index in [0.717, 1.165) is 30.7 Å². The molecular weight excluding hydrogens is 396 g/mol. The number of hydrogen-bond donors (Lipinski definition) is 1. The van der Waals surface area contributed by atoms with Crippen molar-refractivity contribution in [2.75, 3.05) is 30.4 Å². The lowest BCUT2D eigenvalue weighted by Crippen LogP contribution is -2.41. The molecule has 0 bridgehead atoms. The van der Waals surface area contributed by atoms with E-state index in [4.69, 9.17) is 0 Å². The molecule has 1 unspecified atom stereocenters. The predicted octanol–water partition coefficient (Wildman–Crippen LogP) is 1.16. The van der Waals surface area contributed by atoms with E-state index in [-0.39, 0.29) is 11.8 Å². The molecule has 1 N–H and O–H groups in total. The Morgan fingerprint density at radius 3 is 2.83 bits per heavy atom. The van der Waals surface area contributed by atoms with Gasteiger partial charge in [0.2, 0.25) is 5.91 Å². The van der Waals surface area contributed by atoms with Crippen LogP contribution in [0.4, 0.5) is 10.9 Å². The van der Waals surface area contributed by atoms with Gasteiger partial charge in [-0.25, -0.2) is 19.4 Å². The third-order valence-corrected chi connectivity index (χ3v) is 5.42. The van der Waals surface area contributed by atoms with Gasteiger partial charge in [0.1, 0.15) is 17.5 Å². The van der Waals surface area contributed by atoms with Crippen LogP contribution in [0.15, 0.2) is 31.0 Å². The van der Waals surface area contributed by atoms with Crippen molar-refractivity contribution in [3.63, 3.8) is 0 Å². The topological polar surface area (TPSA) is 128 Å². The summed E-state index contributed by atoms with van der Waals surface area (Å²) in [5, 5.41) is 15.6. The summed E-state index contributed by atoms with van der Waals surface area (Å²) in [5.74, 6) is 0.453. The lowest BCUT2D eigenvalue weighted by molar-refractivity contribution is -0.120. The number of ether oxygens (including phenoxy) is 1.